The van der Waals surface area contributed by atoms with Crippen molar-refractivity contribution in [3.63, 3.8) is 0 Å². The van der Waals surface area contributed by atoms with E-state index >= 15 is 0 Å². The van der Waals surface area contributed by atoms with Gasteiger partial charge in [0.15, 0.2) is 0 Å². The van der Waals surface area contributed by atoms with Crippen LogP contribution in [0.2, 0.25) is 0 Å². The second kappa shape index (κ2) is 7.29. The molecule has 0 rings (SSSR count). The highest BCUT2D eigenvalue weighted by molar-refractivity contribution is 9.10. The lowest BCUT2D eigenvalue weighted by molar-refractivity contribution is -0.121. The Balaban J connectivity index is 3.57. The van der Waals surface area contributed by atoms with Gasteiger partial charge < -0.3 is 15.2 Å². The van der Waals surface area contributed by atoms with Crippen molar-refractivity contribution in [3.8, 4) is 0 Å². The first-order valence-corrected chi connectivity index (χ1v) is 5.12. The van der Waals surface area contributed by atoms with Crippen molar-refractivity contribution < 1.29 is 14.6 Å². The van der Waals surface area contributed by atoms with Gasteiger partial charge >= 0.3 is 0 Å². The van der Waals surface area contributed by atoms with E-state index in [0.29, 0.717) is 0 Å². The van der Waals surface area contributed by atoms with Crippen molar-refractivity contribution in [1.82, 2.24) is 5.32 Å². The molecule has 4 nitrogen and oxygen atoms in total. The van der Waals surface area contributed by atoms with E-state index < -0.39 is 6.10 Å². The Bertz CT molecular complexity index is 154. The zero-order valence-electron chi connectivity index (χ0n) is 7.92. The molecule has 0 radical (unpaired) electrons. The van der Waals surface area contributed by atoms with Crippen LogP contribution in [0.1, 0.15) is 13.3 Å². The lowest BCUT2D eigenvalue weighted by Crippen LogP contribution is -2.38. The van der Waals surface area contributed by atoms with Gasteiger partial charge in [-0.3, -0.25) is 4.79 Å². The monoisotopic (exact) mass is 253 g/mol. The lowest BCUT2D eigenvalue weighted by Gasteiger charge is -2.12. The Kier molecular flexibility index (Phi) is 7.22. The summed E-state index contributed by atoms with van der Waals surface area (Å²) in [6.07, 6.45) is 0.0946. The van der Waals surface area contributed by atoms with Gasteiger partial charge in [0, 0.05) is 13.7 Å². The van der Waals surface area contributed by atoms with Crippen LogP contribution >= 0.6 is 15.9 Å². The number of aliphatic hydroxyl groups is 1. The van der Waals surface area contributed by atoms with Crippen LogP contribution < -0.4 is 5.32 Å². The first kappa shape index (κ1) is 12.9. The summed E-state index contributed by atoms with van der Waals surface area (Å²) < 4.78 is 4.71. The predicted octanol–water partition coefficient (Wildman–Crippen LogP) is 0.283. The number of halogens is 1. The summed E-state index contributed by atoms with van der Waals surface area (Å²) in [5.41, 5.74) is 0. The molecule has 0 aliphatic rings. The average Bonchev–Trinajstić information content (AvgIpc) is 2.13. The molecule has 0 saturated carbocycles. The summed E-state index contributed by atoms with van der Waals surface area (Å²) in [7, 11) is 1.50. The molecule has 13 heavy (non-hydrogen) atoms. The van der Waals surface area contributed by atoms with Crippen molar-refractivity contribution in [1.29, 1.82) is 0 Å². The molecule has 2 atom stereocenters. The first-order chi connectivity index (χ1) is 6.11. The van der Waals surface area contributed by atoms with Crippen molar-refractivity contribution in [3.05, 3.63) is 0 Å². The van der Waals surface area contributed by atoms with Crippen molar-refractivity contribution in [2.75, 3.05) is 20.3 Å². The van der Waals surface area contributed by atoms with Crippen molar-refractivity contribution in [2.45, 2.75) is 24.3 Å². The maximum Gasteiger partial charge on any atom is 0.233 e. The molecule has 0 aliphatic heterocycles. The largest absolute Gasteiger partial charge is 0.389 e. The Morgan fingerprint density at radius 3 is 2.77 bits per heavy atom. The quantitative estimate of drug-likeness (QED) is 0.669. The second-order valence-corrected chi connectivity index (χ2v) is 3.84. The van der Waals surface area contributed by atoms with Gasteiger partial charge in [0.1, 0.15) is 0 Å². The molecule has 0 aromatic carbocycles. The zero-order chi connectivity index (χ0) is 10.3. The molecule has 5 heteroatoms. The molecular formula is C8H16BrNO3. The Hall–Kier alpha value is -0.130. The van der Waals surface area contributed by atoms with E-state index in [4.69, 9.17) is 4.74 Å². The minimum Gasteiger partial charge on any atom is -0.389 e. The van der Waals surface area contributed by atoms with E-state index in [9.17, 15) is 9.90 Å². The van der Waals surface area contributed by atoms with Gasteiger partial charge in [-0.2, -0.15) is 0 Å². The fraction of sp³-hybridized carbons (Fsp3) is 0.875. The molecule has 0 saturated heterocycles. The van der Waals surface area contributed by atoms with Gasteiger partial charge in [0.25, 0.3) is 0 Å². The third-order valence-electron chi connectivity index (χ3n) is 1.51. The average molecular weight is 254 g/mol. The summed E-state index contributed by atoms with van der Waals surface area (Å²) in [5, 5.41) is 11.8. The van der Waals surface area contributed by atoms with Gasteiger partial charge in [-0.25, -0.2) is 0 Å². The number of alkyl halides is 1. The molecule has 1 amide bonds. The molecule has 0 aliphatic carbocycles. The lowest BCUT2D eigenvalue weighted by atomic mass is 10.3. The number of hydrogen-bond donors (Lipinski definition) is 2. The number of hydrogen-bond acceptors (Lipinski definition) is 3. The maximum atomic E-state index is 11.2. The summed E-state index contributed by atoms with van der Waals surface area (Å²) >= 11 is 3.21. The van der Waals surface area contributed by atoms with Gasteiger partial charge in [-0.05, 0) is 6.42 Å². The van der Waals surface area contributed by atoms with Crippen LogP contribution in [0.25, 0.3) is 0 Å². The normalized spacial score (nSPS) is 15.1. The molecule has 2 unspecified atom stereocenters. The molecule has 0 aromatic rings. The molecule has 0 aromatic heterocycles. The van der Waals surface area contributed by atoms with Gasteiger partial charge in [0.05, 0.1) is 17.5 Å². The van der Waals surface area contributed by atoms with Gasteiger partial charge in [-0.15, -0.1) is 0 Å². The molecule has 78 valence electrons. The summed E-state index contributed by atoms with van der Waals surface area (Å²) in [4.78, 5) is 11.0. The van der Waals surface area contributed by atoms with Crippen LogP contribution in [-0.4, -0.2) is 42.2 Å². The predicted molar refractivity (Wildman–Crippen MR) is 53.9 cm³/mol. The SMILES string of the molecule is CCC(Br)C(=O)NCC(O)COC. The third kappa shape index (κ3) is 6.01. The fourth-order valence-corrected chi connectivity index (χ4v) is 0.928. The van der Waals surface area contributed by atoms with Gasteiger partial charge in [0.2, 0.25) is 5.91 Å². The van der Waals surface area contributed by atoms with E-state index in [-0.39, 0.29) is 23.9 Å². The van der Waals surface area contributed by atoms with Crippen LogP contribution in [0.4, 0.5) is 0 Å². The van der Waals surface area contributed by atoms with Crippen molar-refractivity contribution >= 4 is 21.8 Å². The number of aliphatic hydroxyl groups excluding tert-OH is 1. The summed E-state index contributed by atoms with van der Waals surface area (Å²) in [6, 6.07) is 0. The van der Waals surface area contributed by atoms with Crippen molar-refractivity contribution in [2.24, 2.45) is 0 Å². The van der Waals surface area contributed by atoms with Crippen LogP contribution in [0.5, 0.6) is 0 Å². The third-order valence-corrected chi connectivity index (χ3v) is 2.58. The van der Waals surface area contributed by atoms with Crippen LogP contribution in [-0.2, 0) is 9.53 Å². The first-order valence-electron chi connectivity index (χ1n) is 4.20. The highest BCUT2D eigenvalue weighted by Gasteiger charge is 2.13. The number of carbonyl (C=O) groups excluding carboxylic acids is 1. The second-order valence-electron chi connectivity index (χ2n) is 2.73. The molecule has 0 fully saturated rings. The number of carbonyl (C=O) groups is 1. The zero-order valence-corrected chi connectivity index (χ0v) is 9.50. The van der Waals surface area contributed by atoms with E-state index in [1.54, 1.807) is 0 Å². The Morgan fingerprint density at radius 2 is 2.31 bits per heavy atom. The summed E-state index contributed by atoms with van der Waals surface area (Å²) in [5.74, 6) is -0.0994. The number of methoxy groups -OCH3 is 1. The fourth-order valence-electron chi connectivity index (χ4n) is 0.766. The number of nitrogens with one attached hydrogen (secondary N) is 1. The summed E-state index contributed by atoms with van der Waals surface area (Å²) in [6.45, 7) is 2.37. The number of ether oxygens (including phenoxy) is 1. The number of amides is 1. The van der Waals surface area contributed by atoms with Crippen LogP contribution in [0, 0.1) is 0 Å². The topological polar surface area (TPSA) is 58.6 Å². The smallest absolute Gasteiger partial charge is 0.233 e. The molecule has 2 N–H and O–H groups in total. The van der Waals surface area contributed by atoms with E-state index in [1.165, 1.54) is 7.11 Å². The standard InChI is InChI=1S/C8H16BrNO3/c1-3-7(9)8(12)10-4-6(11)5-13-2/h6-7,11H,3-5H2,1-2H3,(H,10,12). The minimum absolute atomic E-state index is 0.0994. The molecule has 0 bridgehead atoms. The van der Waals surface area contributed by atoms with E-state index in [2.05, 4.69) is 21.2 Å². The minimum atomic E-state index is -0.634. The van der Waals surface area contributed by atoms with Crippen LogP contribution in [0.3, 0.4) is 0 Å². The maximum absolute atomic E-state index is 11.2. The Morgan fingerprint density at radius 1 is 1.69 bits per heavy atom. The molecule has 0 spiro atoms. The molecule has 0 heterocycles. The highest BCUT2D eigenvalue weighted by atomic mass is 79.9. The Labute approximate surface area is 86.8 Å². The highest BCUT2D eigenvalue weighted by Crippen LogP contribution is 2.03. The van der Waals surface area contributed by atoms with Gasteiger partial charge in [-0.1, -0.05) is 22.9 Å². The van der Waals surface area contributed by atoms with E-state index in [0.717, 1.165) is 6.42 Å². The van der Waals surface area contributed by atoms with Crippen LogP contribution in [0.15, 0.2) is 0 Å². The molecular weight excluding hydrogens is 238 g/mol. The van der Waals surface area contributed by atoms with E-state index in [1.807, 2.05) is 6.92 Å². The number of rotatable bonds is 6.